The summed E-state index contributed by atoms with van der Waals surface area (Å²) in [5.74, 6) is -0.452. The standard InChI is InChI=1S/C27H33ClN2O2/c1-3-4-5-6-7-8-9-13-20-30-26(31)24(21-16-18-22(28)19-17-21)25(27(30)32)29(2)23-14-11-10-12-15-23/h10-12,14-19H,3-9,13,20H2,1-2H3. The number of nitrogens with zero attached hydrogens (tertiary/aromatic N) is 2. The molecule has 0 fully saturated rings. The van der Waals surface area contributed by atoms with E-state index in [9.17, 15) is 9.59 Å². The van der Waals surface area contributed by atoms with Crippen molar-refractivity contribution < 1.29 is 9.59 Å². The predicted molar refractivity (Wildman–Crippen MR) is 133 cm³/mol. The molecule has 2 aromatic carbocycles. The number of para-hydroxylation sites is 1. The van der Waals surface area contributed by atoms with Gasteiger partial charge in [0.2, 0.25) is 0 Å². The van der Waals surface area contributed by atoms with E-state index in [1.807, 2.05) is 54.4 Å². The fraction of sp³-hybridized carbons (Fsp3) is 0.407. The van der Waals surface area contributed by atoms with Gasteiger partial charge in [0.25, 0.3) is 11.8 Å². The summed E-state index contributed by atoms with van der Waals surface area (Å²) >= 11 is 6.06. The van der Waals surface area contributed by atoms with Crippen LogP contribution in [0.5, 0.6) is 0 Å². The summed E-state index contributed by atoms with van der Waals surface area (Å²) in [7, 11) is 1.84. The minimum Gasteiger partial charge on any atom is -0.339 e. The van der Waals surface area contributed by atoms with Crippen LogP contribution in [0.4, 0.5) is 5.69 Å². The second-order valence-corrected chi connectivity index (χ2v) is 8.80. The topological polar surface area (TPSA) is 40.6 Å². The number of amides is 2. The number of anilines is 1. The van der Waals surface area contributed by atoms with Gasteiger partial charge in [0.05, 0.1) is 5.57 Å². The zero-order valence-corrected chi connectivity index (χ0v) is 19.9. The molecule has 1 aliphatic heterocycles. The number of hydrogen-bond acceptors (Lipinski definition) is 3. The first-order valence-electron chi connectivity index (χ1n) is 11.7. The molecule has 0 radical (unpaired) electrons. The van der Waals surface area contributed by atoms with Crippen molar-refractivity contribution in [2.45, 2.75) is 58.3 Å². The van der Waals surface area contributed by atoms with Crippen molar-refractivity contribution in [3.8, 4) is 0 Å². The molecule has 0 spiro atoms. The summed E-state index contributed by atoms with van der Waals surface area (Å²) in [6.45, 7) is 2.68. The SMILES string of the molecule is CCCCCCCCCCN1C(=O)C(c2ccc(Cl)cc2)=C(N(C)c2ccccc2)C1=O. The lowest BCUT2D eigenvalue weighted by atomic mass is 10.0. The summed E-state index contributed by atoms with van der Waals surface area (Å²) in [5.41, 5.74) is 2.44. The number of likely N-dealkylation sites (N-methyl/N-ethyl adjacent to an activating group) is 1. The molecule has 32 heavy (non-hydrogen) atoms. The Morgan fingerprint density at radius 3 is 2.00 bits per heavy atom. The number of carbonyl (C=O) groups excluding carboxylic acids is 2. The Kier molecular flexibility index (Phi) is 8.92. The van der Waals surface area contributed by atoms with Crippen LogP contribution in [0, 0.1) is 0 Å². The molecule has 0 saturated carbocycles. The Morgan fingerprint density at radius 1 is 0.781 bits per heavy atom. The molecule has 3 rings (SSSR count). The molecule has 2 aromatic rings. The van der Waals surface area contributed by atoms with Crippen molar-refractivity contribution in [1.82, 2.24) is 4.90 Å². The third-order valence-corrected chi connectivity index (χ3v) is 6.24. The van der Waals surface area contributed by atoms with Gasteiger partial charge in [-0.2, -0.15) is 0 Å². The van der Waals surface area contributed by atoms with Crippen molar-refractivity contribution in [3.05, 3.63) is 70.9 Å². The summed E-state index contributed by atoms with van der Waals surface area (Å²) < 4.78 is 0. The second kappa shape index (κ2) is 11.9. The molecule has 5 heteroatoms. The second-order valence-electron chi connectivity index (χ2n) is 8.36. The van der Waals surface area contributed by atoms with Crippen molar-refractivity contribution >= 4 is 34.7 Å². The maximum atomic E-state index is 13.4. The Labute approximate surface area is 196 Å². The van der Waals surface area contributed by atoms with Gasteiger partial charge in [-0.1, -0.05) is 93.8 Å². The highest BCUT2D eigenvalue weighted by Crippen LogP contribution is 2.34. The number of benzene rings is 2. The van der Waals surface area contributed by atoms with E-state index in [0.29, 0.717) is 28.4 Å². The minimum atomic E-state index is -0.228. The number of carbonyl (C=O) groups is 2. The first-order valence-corrected chi connectivity index (χ1v) is 12.1. The molecule has 0 atom stereocenters. The van der Waals surface area contributed by atoms with Gasteiger partial charge < -0.3 is 4.90 Å². The van der Waals surface area contributed by atoms with Crippen molar-refractivity contribution in [3.63, 3.8) is 0 Å². The lowest BCUT2D eigenvalue weighted by Crippen LogP contribution is -2.35. The van der Waals surface area contributed by atoms with Crippen molar-refractivity contribution in [2.75, 3.05) is 18.5 Å². The molecule has 0 unspecified atom stereocenters. The van der Waals surface area contributed by atoms with Gasteiger partial charge in [-0.25, -0.2) is 0 Å². The molecule has 170 valence electrons. The number of unbranched alkanes of at least 4 members (excludes halogenated alkanes) is 7. The lowest BCUT2D eigenvalue weighted by molar-refractivity contribution is -0.136. The normalized spacial score (nSPS) is 13.9. The van der Waals surface area contributed by atoms with E-state index in [4.69, 9.17) is 11.6 Å². The van der Waals surface area contributed by atoms with Crippen LogP contribution in [-0.2, 0) is 9.59 Å². The molecule has 0 saturated heterocycles. The minimum absolute atomic E-state index is 0.224. The Bertz CT molecular complexity index is 938. The molecular weight excluding hydrogens is 420 g/mol. The van der Waals surface area contributed by atoms with E-state index in [1.54, 1.807) is 12.1 Å². The van der Waals surface area contributed by atoms with Crippen LogP contribution < -0.4 is 4.90 Å². The molecule has 2 amide bonds. The van der Waals surface area contributed by atoms with Gasteiger partial charge in [0.15, 0.2) is 0 Å². The zero-order chi connectivity index (χ0) is 22.9. The average molecular weight is 453 g/mol. The van der Waals surface area contributed by atoms with Gasteiger partial charge in [-0.05, 0) is 36.2 Å². The fourth-order valence-electron chi connectivity index (χ4n) is 4.14. The molecular formula is C27H33ClN2O2. The molecule has 0 aliphatic carbocycles. The van der Waals surface area contributed by atoms with Crippen LogP contribution in [0.25, 0.3) is 5.57 Å². The fourth-order valence-corrected chi connectivity index (χ4v) is 4.26. The van der Waals surface area contributed by atoms with Crippen LogP contribution in [-0.4, -0.2) is 30.3 Å². The molecule has 0 aromatic heterocycles. The van der Waals surface area contributed by atoms with E-state index < -0.39 is 0 Å². The summed E-state index contributed by atoms with van der Waals surface area (Å²) in [6.07, 6.45) is 9.35. The first kappa shape index (κ1) is 24.1. The molecule has 1 heterocycles. The summed E-state index contributed by atoms with van der Waals surface area (Å²) in [5, 5.41) is 0.597. The Morgan fingerprint density at radius 2 is 1.38 bits per heavy atom. The van der Waals surface area contributed by atoms with Crippen LogP contribution in [0.2, 0.25) is 5.02 Å². The van der Waals surface area contributed by atoms with Crippen LogP contribution in [0.3, 0.4) is 0 Å². The van der Waals surface area contributed by atoms with E-state index >= 15 is 0 Å². The number of hydrogen-bond donors (Lipinski definition) is 0. The van der Waals surface area contributed by atoms with E-state index in [0.717, 1.165) is 24.9 Å². The highest BCUT2D eigenvalue weighted by molar-refractivity contribution is 6.37. The summed E-state index contributed by atoms with van der Waals surface area (Å²) in [6, 6.07) is 16.8. The van der Waals surface area contributed by atoms with Gasteiger partial charge in [0, 0.05) is 24.3 Å². The van der Waals surface area contributed by atoms with Crippen LogP contribution in [0.1, 0.15) is 63.9 Å². The Hall–Kier alpha value is -2.59. The summed E-state index contributed by atoms with van der Waals surface area (Å²) in [4.78, 5) is 30.0. The molecule has 4 nitrogen and oxygen atoms in total. The molecule has 0 N–H and O–H groups in total. The highest BCUT2D eigenvalue weighted by atomic mass is 35.5. The third kappa shape index (κ3) is 5.80. The largest absolute Gasteiger partial charge is 0.339 e. The van der Waals surface area contributed by atoms with Crippen molar-refractivity contribution in [2.24, 2.45) is 0 Å². The van der Waals surface area contributed by atoms with Gasteiger partial charge in [0.1, 0.15) is 5.70 Å². The quantitative estimate of drug-likeness (QED) is 0.266. The molecule has 1 aliphatic rings. The smallest absolute Gasteiger partial charge is 0.278 e. The molecule has 0 bridgehead atoms. The van der Waals surface area contributed by atoms with Crippen molar-refractivity contribution in [1.29, 1.82) is 0 Å². The van der Waals surface area contributed by atoms with E-state index in [-0.39, 0.29) is 11.8 Å². The van der Waals surface area contributed by atoms with Gasteiger partial charge in [-0.15, -0.1) is 0 Å². The monoisotopic (exact) mass is 452 g/mol. The lowest BCUT2D eigenvalue weighted by Gasteiger charge is -2.21. The predicted octanol–water partition coefficient (Wildman–Crippen LogP) is 6.70. The van der Waals surface area contributed by atoms with Crippen LogP contribution in [0.15, 0.2) is 60.3 Å². The highest BCUT2D eigenvalue weighted by Gasteiger charge is 2.40. The van der Waals surface area contributed by atoms with E-state index in [1.165, 1.54) is 37.0 Å². The number of halogens is 1. The van der Waals surface area contributed by atoms with Gasteiger partial charge in [-0.3, -0.25) is 14.5 Å². The maximum absolute atomic E-state index is 13.4. The third-order valence-electron chi connectivity index (χ3n) is 5.99. The van der Waals surface area contributed by atoms with Crippen LogP contribution >= 0.6 is 11.6 Å². The first-order chi connectivity index (χ1) is 15.5. The van der Waals surface area contributed by atoms with E-state index in [2.05, 4.69) is 6.92 Å². The number of rotatable bonds is 12. The zero-order valence-electron chi connectivity index (χ0n) is 19.1. The number of imide groups is 1. The average Bonchev–Trinajstić information content (AvgIpc) is 3.06. The maximum Gasteiger partial charge on any atom is 0.278 e. The Balaban J connectivity index is 1.74. The van der Waals surface area contributed by atoms with Gasteiger partial charge >= 0.3 is 0 Å².